The minimum atomic E-state index is -0.254. The molecule has 2 aromatic carbocycles. The molecule has 0 aliphatic heterocycles. The number of aryl methyl sites for hydroxylation is 1. The molecule has 0 fully saturated rings. The van der Waals surface area contributed by atoms with Crippen LogP contribution in [0.1, 0.15) is 12.1 Å². The van der Waals surface area contributed by atoms with Gasteiger partial charge in [0, 0.05) is 24.8 Å². The highest BCUT2D eigenvalue weighted by Gasteiger charge is 2.07. The zero-order valence-electron chi connectivity index (χ0n) is 15.1. The van der Waals surface area contributed by atoms with E-state index in [4.69, 9.17) is 0 Å². The monoisotopic (exact) mass is 361 g/mol. The Balaban J connectivity index is 1.36. The van der Waals surface area contributed by atoms with E-state index in [1.54, 1.807) is 12.3 Å². The van der Waals surface area contributed by atoms with Gasteiger partial charge in [0.15, 0.2) is 0 Å². The normalized spacial score (nSPS) is 11.0. The third-order valence-electron chi connectivity index (χ3n) is 4.52. The summed E-state index contributed by atoms with van der Waals surface area (Å²) in [5.74, 6) is 0.605. The van der Waals surface area contributed by atoms with Crippen molar-refractivity contribution in [3.05, 3.63) is 72.3 Å². The van der Waals surface area contributed by atoms with Crippen molar-refractivity contribution < 1.29 is 4.39 Å². The van der Waals surface area contributed by atoms with E-state index in [-0.39, 0.29) is 5.82 Å². The smallest absolute Gasteiger partial charge is 0.147 e. The molecule has 2 heterocycles. The van der Waals surface area contributed by atoms with Crippen molar-refractivity contribution in [2.24, 2.45) is 0 Å². The maximum Gasteiger partial charge on any atom is 0.147 e. The Kier molecular flexibility index (Phi) is 4.78. The van der Waals surface area contributed by atoms with E-state index in [1.165, 1.54) is 12.1 Å². The van der Waals surface area contributed by atoms with Crippen LogP contribution in [0.15, 0.2) is 60.8 Å². The molecule has 0 spiro atoms. The van der Waals surface area contributed by atoms with Crippen LogP contribution in [-0.2, 0) is 6.42 Å². The summed E-state index contributed by atoms with van der Waals surface area (Å²) in [5, 5.41) is 7.33. The van der Waals surface area contributed by atoms with Gasteiger partial charge < -0.3 is 4.90 Å². The first-order chi connectivity index (χ1) is 13.2. The Hall–Kier alpha value is -3.28. The maximum absolute atomic E-state index is 13.4. The molecule has 0 aliphatic carbocycles. The molecule has 0 saturated heterocycles. The summed E-state index contributed by atoms with van der Waals surface area (Å²) in [6, 6.07) is 16.3. The fourth-order valence-corrected chi connectivity index (χ4v) is 3.04. The molecule has 2 aromatic heterocycles. The summed E-state index contributed by atoms with van der Waals surface area (Å²) < 4.78 is 13.4. The van der Waals surface area contributed by atoms with Gasteiger partial charge in [-0.1, -0.05) is 24.3 Å². The Labute approximate surface area is 156 Å². The van der Waals surface area contributed by atoms with Crippen LogP contribution in [0.25, 0.3) is 22.3 Å². The lowest BCUT2D eigenvalue weighted by Crippen LogP contribution is -2.20. The van der Waals surface area contributed by atoms with Crippen molar-refractivity contribution in [1.82, 2.24) is 20.2 Å². The van der Waals surface area contributed by atoms with Crippen molar-refractivity contribution in [1.29, 1.82) is 0 Å². The first-order valence-corrected chi connectivity index (χ1v) is 8.92. The number of hydrogen-bond donors (Lipinski definition) is 1. The van der Waals surface area contributed by atoms with Crippen LogP contribution >= 0.6 is 0 Å². The summed E-state index contributed by atoms with van der Waals surface area (Å²) in [5.41, 5.74) is 4.37. The van der Waals surface area contributed by atoms with E-state index in [0.717, 1.165) is 53.2 Å². The SMILES string of the molecule is CN(CCCc1cc(-c2cccc(F)c2)n[nH]1)c1cnc2ccccc2n1. The number of para-hydroxylation sites is 2. The number of H-pyrrole nitrogens is 1. The molecule has 0 bridgehead atoms. The molecule has 0 atom stereocenters. The predicted molar refractivity (Wildman–Crippen MR) is 105 cm³/mol. The van der Waals surface area contributed by atoms with Crippen LogP contribution in [0.2, 0.25) is 0 Å². The minimum Gasteiger partial charge on any atom is -0.358 e. The number of hydrogen-bond acceptors (Lipinski definition) is 4. The van der Waals surface area contributed by atoms with Crippen molar-refractivity contribution in [3.8, 4) is 11.3 Å². The second kappa shape index (κ2) is 7.53. The van der Waals surface area contributed by atoms with Crippen LogP contribution in [0.4, 0.5) is 10.2 Å². The number of halogens is 1. The number of anilines is 1. The molecule has 5 nitrogen and oxygen atoms in total. The van der Waals surface area contributed by atoms with Crippen molar-refractivity contribution >= 4 is 16.9 Å². The van der Waals surface area contributed by atoms with Gasteiger partial charge in [0.25, 0.3) is 0 Å². The van der Waals surface area contributed by atoms with Gasteiger partial charge in [0.2, 0.25) is 0 Å². The Morgan fingerprint density at radius 1 is 1.04 bits per heavy atom. The fraction of sp³-hybridized carbons (Fsp3) is 0.190. The quantitative estimate of drug-likeness (QED) is 0.558. The van der Waals surface area contributed by atoms with E-state index in [9.17, 15) is 4.39 Å². The number of aromatic nitrogens is 4. The molecular formula is C21H20FN5. The zero-order chi connectivity index (χ0) is 18.6. The molecule has 136 valence electrons. The number of nitrogens with one attached hydrogen (secondary N) is 1. The molecule has 1 N–H and O–H groups in total. The van der Waals surface area contributed by atoms with Gasteiger partial charge in [-0.15, -0.1) is 0 Å². The third kappa shape index (κ3) is 3.95. The van der Waals surface area contributed by atoms with Gasteiger partial charge in [-0.2, -0.15) is 5.10 Å². The van der Waals surface area contributed by atoms with Crippen LogP contribution in [0.5, 0.6) is 0 Å². The third-order valence-corrected chi connectivity index (χ3v) is 4.52. The lowest BCUT2D eigenvalue weighted by Gasteiger charge is -2.17. The maximum atomic E-state index is 13.4. The van der Waals surface area contributed by atoms with Crippen molar-refractivity contribution in [3.63, 3.8) is 0 Å². The van der Waals surface area contributed by atoms with Gasteiger partial charge in [-0.25, -0.2) is 9.37 Å². The van der Waals surface area contributed by atoms with E-state index in [0.29, 0.717) is 0 Å². The van der Waals surface area contributed by atoms with E-state index in [2.05, 4.69) is 25.1 Å². The summed E-state index contributed by atoms with van der Waals surface area (Å²) >= 11 is 0. The van der Waals surface area contributed by atoms with Crippen LogP contribution < -0.4 is 4.90 Å². The molecule has 0 unspecified atom stereocenters. The molecular weight excluding hydrogens is 341 g/mol. The van der Waals surface area contributed by atoms with Gasteiger partial charge in [-0.3, -0.25) is 10.1 Å². The molecule has 0 radical (unpaired) electrons. The summed E-state index contributed by atoms with van der Waals surface area (Å²) in [7, 11) is 2.02. The molecule has 6 heteroatoms. The average Bonchev–Trinajstić information content (AvgIpc) is 3.16. The first-order valence-electron chi connectivity index (χ1n) is 8.92. The minimum absolute atomic E-state index is 0.254. The highest BCUT2D eigenvalue weighted by Crippen LogP contribution is 2.19. The second-order valence-corrected chi connectivity index (χ2v) is 6.53. The van der Waals surface area contributed by atoms with Gasteiger partial charge in [0.1, 0.15) is 11.6 Å². The predicted octanol–water partition coefficient (Wildman–Crippen LogP) is 4.23. The topological polar surface area (TPSA) is 57.7 Å². The van der Waals surface area contributed by atoms with Crippen LogP contribution in [-0.4, -0.2) is 33.8 Å². The lowest BCUT2D eigenvalue weighted by atomic mass is 10.1. The molecule has 27 heavy (non-hydrogen) atoms. The lowest BCUT2D eigenvalue weighted by molar-refractivity contribution is 0.628. The second-order valence-electron chi connectivity index (χ2n) is 6.53. The van der Waals surface area contributed by atoms with E-state index < -0.39 is 0 Å². The highest BCUT2D eigenvalue weighted by molar-refractivity contribution is 5.75. The number of fused-ring (bicyclic) bond motifs is 1. The number of nitrogens with zero attached hydrogens (tertiary/aromatic N) is 4. The van der Waals surface area contributed by atoms with Gasteiger partial charge in [-0.05, 0) is 43.2 Å². The Morgan fingerprint density at radius 3 is 2.74 bits per heavy atom. The van der Waals surface area contributed by atoms with E-state index >= 15 is 0 Å². The molecule has 4 aromatic rings. The van der Waals surface area contributed by atoms with Crippen molar-refractivity contribution in [2.75, 3.05) is 18.5 Å². The first kappa shape index (κ1) is 17.1. The number of benzene rings is 2. The highest BCUT2D eigenvalue weighted by atomic mass is 19.1. The Morgan fingerprint density at radius 2 is 1.89 bits per heavy atom. The summed E-state index contributed by atoms with van der Waals surface area (Å²) in [6.07, 6.45) is 3.60. The summed E-state index contributed by atoms with van der Waals surface area (Å²) in [4.78, 5) is 11.2. The van der Waals surface area contributed by atoms with Crippen molar-refractivity contribution in [2.45, 2.75) is 12.8 Å². The average molecular weight is 361 g/mol. The molecule has 4 rings (SSSR count). The largest absolute Gasteiger partial charge is 0.358 e. The summed E-state index contributed by atoms with van der Waals surface area (Å²) in [6.45, 7) is 0.849. The van der Waals surface area contributed by atoms with Crippen LogP contribution in [0.3, 0.4) is 0 Å². The number of aromatic amines is 1. The van der Waals surface area contributed by atoms with Crippen LogP contribution in [0, 0.1) is 5.82 Å². The number of rotatable bonds is 6. The van der Waals surface area contributed by atoms with Gasteiger partial charge >= 0.3 is 0 Å². The zero-order valence-corrected chi connectivity index (χ0v) is 15.1. The standard InChI is InChI=1S/C21H20FN5/c1-27(21-14-23-18-9-2-3-10-19(18)24-21)11-5-8-17-13-20(26-25-17)15-6-4-7-16(22)12-15/h2-4,6-7,9-10,12-14H,5,8,11H2,1H3,(H,25,26). The fourth-order valence-electron chi connectivity index (χ4n) is 3.04. The van der Waals surface area contributed by atoms with Gasteiger partial charge in [0.05, 0.1) is 22.9 Å². The Bertz CT molecular complexity index is 1060. The molecule has 0 aliphatic rings. The van der Waals surface area contributed by atoms with E-state index in [1.807, 2.05) is 43.4 Å². The molecule has 0 amide bonds. The molecule has 0 saturated carbocycles.